The highest BCUT2D eigenvalue weighted by molar-refractivity contribution is 5.49. The molecule has 0 aliphatic carbocycles. The van der Waals surface area contributed by atoms with Gasteiger partial charge in [0.25, 0.3) is 0 Å². The topological polar surface area (TPSA) is 33.7 Å². The summed E-state index contributed by atoms with van der Waals surface area (Å²) in [5.41, 5.74) is 1.15. The molecule has 0 aliphatic heterocycles. The van der Waals surface area contributed by atoms with Crippen molar-refractivity contribution in [1.29, 1.82) is 0 Å². The average Bonchev–Trinajstić information content (AvgIpc) is 2.46. The third kappa shape index (κ3) is 7.36. The third-order valence-electron chi connectivity index (χ3n) is 2.95. The van der Waals surface area contributed by atoms with Crippen molar-refractivity contribution in [2.45, 2.75) is 19.8 Å². The van der Waals surface area contributed by atoms with E-state index < -0.39 is 0 Å². The lowest BCUT2D eigenvalue weighted by Gasteiger charge is -2.14. The quantitative estimate of drug-likeness (QED) is 0.632. The summed E-state index contributed by atoms with van der Waals surface area (Å²) in [6, 6.07) is 8.12. The predicted octanol–water partition coefficient (Wildman–Crippen LogP) is 2.54. The molecule has 0 saturated heterocycles. The number of unbranched alkanes of at least 4 members (excludes halogenated alkanes) is 1. The fraction of sp³-hybridized carbons (Fsp3) is 0.625. The molecular weight excluding hydrogens is 252 g/mol. The molecule has 0 bridgehead atoms. The van der Waals surface area contributed by atoms with Crippen molar-refractivity contribution in [3.63, 3.8) is 0 Å². The molecule has 0 amide bonds. The van der Waals surface area contributed by atoms with Crippen molar-refractivity contribution in [2.24, 2.45) is 0 Å². The lowest BCUT2D eigenvalue weighted by molar-refractivity contribution is 0.132. The van der Waals surface area contributed by atoms with Crippen LogP contribution in [0.25, 0.3) is 0 Å². The van der Waals surface area contributed by atoms with Crippen molar-refractivity contribution in [2.75, 3.05) is 51.9 Å². The Labute approximate surface area is 123 Å². The molecule has 0 aromatic heterocycles. The summed E-state index contributed by atoms with van der Waals surface area (Å²) in [5, 5.41) is 3.31. The highest BCUT2D eigenvalue weighted by atomic mass is 16.5. The smallest absolute Gasteiger partial charge is 0.121 e. The molecule has 0 radical (unpaired) electrons. The lowest BCUT2D eigenvalue weighted by Crippen LogP contribution is -2.25. The zero-order valence-corrected chi connectivity index (χ0v) is 13.0. The Kier molecular flexibility index (Phi) is 8.83. The number of hydrogen-bond donors (Lipinski definition) is 1. The maximum atomic E-state index is 5.71. The van der Waals surface area contributed by atoms with Gasteiger partial charge in [-0.25, -0.2) is 0 Å². The molecule has 1 aromatic carbocycles. The van der Waals surface area contributed by atoms with E-state index in [0.717, 1.165) is 44.2 Å². The molecule has 0 heterocycles. The van der Waals surface area contributed by atoms with Crippen LogP contribution in [0.3, 0.4) is 0 Å². The Bertz CT molecular complexity index is 356. The molecule has 114 valence electrons. The Morgan fingerprint density at radius 2 is 1.90 bits per heavy atom. The number of hydrogen-bond acceptors (Lipinski definition) is 4. The normalized spacial score (nSPS) is 10.6. The molecule has 20 heavy (non-hydrogen) atoms. The standard InChI is InChI=1S/C16H28N2O2/c1-4-5-11-19-12-9-17-10-13-20-16-8-6-7-15(14-16)18(2)3/h6-8,14,17H,4-5,9-13H2,1-3H3. The summed E-state index contributed by atoms with van der Waals surface area (Å²) < 4.78 is 11.2. The number of nitrogens with zero attached hydrogens (tertiary/aromatic N) is 1. The van der Waals surface area contributed by atoms with E-state index in [9.17, 15) is 0 Å². The van der Waals surface area contributed by atoms with Crippen molar-refractivity contribution >= 4 is 5.69 Å². The highest BCUT2D eigenvalue weighted by Gasteiger charge is 1.98. The molecule has 0 saturated carbocycles. The molecule has 4 nitrogen and oxygen atoms in total. The zero-order valence-electron chi connectivity index (χ0n) is 13.0. The fourth-order valence-corrected chi connectivity index (χ4v) is 1.71. The van der Waals surface area contributed by atoms with E-state index in [1.54, 1.807) is 0 Å². The Morgan fingerprint density at radius 1 is 1.10 bits per heavy atom. The molecule has 0 atom stereocenters. The minimum absolute atomic E-state index is 0.672. The van der Waals surface area contributed by atoms with E-state index in [1.165, 1.54) is 6.42 Å². The van der Waals surface area contributed by atoms with E-state index in [4.69, 9.17) is 9.47 Å². The molecule has 1 N–H and O–H groups in total. The van der Waals surface area contributed by atoms with E-state index in [-0.39, 0.29) is 0 Å². The first-order chi connectivity index (χ1) is 9.74. The van der Waals surface area contributed by atoms with Gasteiger partial charge < -0.3 is 19.7 Å². The van der Waals surface area contributed by atoms with Crippen LogP contribution >= 0.6 is 0 Å². The van der Waals surface area contributed by atoms with Crippen LogP contribution < -0.4 is 15.0 Å². The van der Waals surface area contributed by atoms with Crippen molar-refractivity contribution in [1.82, 2.24) is 5.32 Å². The fourth-order valence-electron chi connectivity index (χ4n) is 1.71. The predicted molar refractivity (Wildman–Crippen MR) is 84.9 cm³/mol. The summed E-state index contributed by atoms with van der Waals surface area (Å²) in [7, 11) is 4.05. The molecule has 0 aliphatic rings. The Morgan fingerprint density at radius 3 is 2.65 bits per heavy atom. The van der Waals surface area contributed by atoms with Gasteiger partial charge in [0.15, 0.2) is 0 Å². The van der Waals surface area contributed by atoms with Gasteiger partial charge in [-0.2, -0.15) is 0 Å². The molecular formula is C16H28N2O2. The Balaban J connectivity index is 2.05. The zero-order chi connectivity index (χ0) is 14.6. The number of ether oxygens (including phenoxy) is 2. The van der Waals surface area contributed by atoms with E-state index >= 15 is 0 Å². The number of nitrogens with one attached hydrogen (secondary N) is 1. The molecule has 4 heteroatoms. The number of anilines is 1. The van der Waals surface area contributed by atoms with Crippen LogP contribution in [0, 0.1) is 0 Å². The van der Waals surface area contributed by atoms with Gasteiger partial charge in [-0.15, -0.1) is 0 Å². The van der Waals surface area contributed by atoms with Gasteiger partial charge in [-0.05, 0) is 18.6 Å². The summed E-state index contributed by atoms with van der Waals surface area (Å²) in [6.45, 7) is 6.20. The molecule has 1 aromatic rings. The van der Waals surface area contributed by atoms with Crippen LogP contribution in [0.1, 0.15) is 19.8 Å². The van der Waals surface area contributed by atoms with Crippen molar-refractivity contribution < 1.29 is 9.47 Å². The van der Waals surface area contributed by atoms with Gasteiger partial charge in [0.1, 0.15) is 12.4 Å². The van der Waals surface area contributed by atoms with Crippen LogP contribution in [-0.2, 0) is 4.74 Å². The monoisotopic (exact) mass is 280 g/mol. The second-order valence-corrected chi connectivity index (χ2v) is 4.96. The second kappa shape index (κ2) is 10.5. The van der Waals surface area contributed by atoms with Crippen LogP contribution in [0.2, 0.25) is 0 Å². The third-order valence-corrected chi connectivity index (χ3v) is 2.95. The minimum Gasteiger partial charge on any atom is -0.492 e. The SMILES string of the molecule is CCCCOCCNCCOc1cccc(N(C)C)c1. The van der Waals surface area contributed by atoms with Crippen LogP contribution in [0.5, 0.6) is 5.75 Å². The maximum Gasteiger partial charge on any atom is 0.121 e. The van der Waals surface area contributed by atoms with Gasteiger partial charge in [0.05, 0.1) is 6.61 Å². The van der Waals surface area contributed by atoms with Gasteiger partial charge in [-0.1, -0.05) is 19.4 Å². The van der Waals surface area contributed by atoms with Gasteiger partial charge >= 0.3 is 0 Å². The van der Waals surface area contributed by atoms with Crippen LogP contribution in [0.4, 0.5) is 5.69 Å². The average molecular weight is 280 g/mol. The van der Waals surface area contributed by atoms with Gasteiger partial charge in [-0.3, -0.25) is 0 Å². The second-order valence-electron chi connectivity index (χ2n) is 4.96. The highest BCUT2D eigenvalue weighted by Crippen LogP contribution is 2.18. The summed E-state index contributed by atoms with van der Waals surface area (Å²) in [6.07, 6.45) is 2.33. The lowest BCUT2D eigenvalue weighted by atomic mass is 10.3. The molecule has 0 unspecified atom stereocenters. The summed E-state index contributed by atoms with van der Waals surface area (Å²) in [5.74, 6) is 0.914. The largest absolute Gasteiger partial charge is 0.492 e. The van der Waals surface area contributed by atoms with Gasteiger partial charge in [0, 0.05) is 45.5 Å². The maximum absolute atomic E-state index is 5.71. The van der Waals surface area contributed by atoms with E-state index in [1.807, 2.05) is 32.3 Å². The number of benzene rings is 1. The summed E-state index contributed by atoms with van der Waals surface area (Å²) >= 11 is 0. The summed E-state index contributed by atoms with van der Waals surface area (Å²) in [4.78, 5) is 2.07. The van der Waals surface area contributed by atoms with Crippen molar-refractivity contribution in [3.8, 4) is 5.75 Å². The minimum atomic E-state index is 0.672. The Hall–Kier alpha value is -1.26. The molecule has 0 fully saturated rings. The first-order valence-electron chi connectivity index (χ1n) is 7.42. The van der Waals surface area contributed by atoms with Crippen LogP contribution in [0.15, 0.2) is 24.3 Å². The van der Waals surface area contributed by atoms with Crippen molar-refractivity contribution in [3.05, 3.63) is 24.3 Å². The van der Waals surface area contributed by atoms with E-state index in [0.29, 0.717) is 6.61 Å². The van der Waals surface area contributed by atoms with Gasteiger partial charge in [0.2, 0.25) is 0 Å². The molecule has 1 rings (SSSR count). The first-order valence-corrected chi connectivity index (χ1v) is 7.42. The van der Waals surface area contributed by atoms with Crippen LogP contribution in [-0.4, -0.2) is 47.0 Å². The van der Waals surface area contributed by atoms with E-state index in [2.05, 4.69) is 23.2 Å². The molecule has 0 spiro atoms. The first kappa shape index (κ1) is 16.8. The number of rotatable bonds is 11.